The predicted molar refractivity (Wildman–Crippen MR) is 74.8 cm³/mol. The molecule has 1 N–H and O–H groups in total. The van der Waals surface area contributed by atoms with E-state index in [4.69, 9.17) is 9.47 Å². The lowest BCUT2D eigenvalue weighted by Gasteiger charge is -2.34. The van der Waals surface area contributed by atoms with Gasteiger partial charge in [-0.1, -0.05) is 18.6 Å². The summed E-state index contributed by atoms with van der Waals surface area (Å²) in [7, 11) is 1.65. The van der Waals surface area contributed by atoms with Crippen LogP contribution in [0.4, 0.5) is 0 Å². The summed E-state index contributed by atoms with van der Waals surface area (Å²) in [5.41, 5.74) is 0. The number of hydrogen-bond donors (Lipinski definition) is 1. The van der Waals surface area contributed by atoms with Crippen LogP contribution in [0.1, 0.15) is 19.3 Å². The first-order valence-electron chi connectivity index (χ1n) is 6.96. The van der Waals surface area contributed by atoms with Crippen molar-refractivity contribution in [1.82, 2.24) is 4.90 Å². The van der Waals surface area contributed by atoms with Crippen molar-refractivity contribution in [3.8, 4) is 11.5 Å². The van der Waals surface area contributed by atoms with Crippen molar-refractivity contribution in [2.24, 2.45) is 0 Å². The molecule has 0 spiro atoms. The molecule has 0 bridgehead atoms. The van der Waals surface area contributed by atoms with Gasteiger partial charge in [0.1, 0.15) is 6.61 Å². The molecule has 2 rings (SSSR count). The first kappa shape index (κ1) is 14.2. The van der Waals surface area contributed by atoms with E-state index in [0.29, 0.717) is 12.6 Å². The fourth-order valence-electron chi connectivity index (χ4n) is 2.57. The maximum atomic E-state index is 9.36. The number of aliphatic hydroxyl groups is 1. The fraction of sp³-hybridized carbons (Fsp3) is 0.600. The van der Waals surface area contributed by atoms with E-state index >= 15 is 0 Å². The van der Waals surface area contributed by atoms with Crippen LogP contribution < -0.4 is 9.47 Å². The van der Waals surface area contributed by atoms with Crippen molar-refractivity contribution >= 4 is 0 Å². The van der Waals surface area contributed by atoms with Gasteiger partial charge in [0.25, 0.3) is 0 Å². The van der Waals surface area contributed by atoms with Gasteiger partial charge in [0.15, 0.2) is 11.5 Å². The number of para-hydroxylation sites is 2. The molecule has 1 fully saturated rings. The topological polar surface area (TPSA) is 41.9 Å². The Balaban J connectivity index is 1.82. The molecule has 4 heteroatoms. The molecule has 0 amide bonds. The number of methoxy groups -OCH3 is 1. The number of likely N-dealkylation sites (tertiary alicyclic amines) is 1. The van der Waals surface area contributed by atoms with Gasteiger partial charge in [0.05, 0.1) is 13.7 Å². The molecule has 0 aliphatic carbocycles. The van der Waals surface area contributed by atoms with Crippen molar-refractivity contribution in [2.75, 3.05) is 33.4 Å². The molecular weight excluding hydrogens is 242 g/mol. The normalized spacial score (nSPS) is 20.2. The zero-order chi connectivity index (χ0) is 13.5. The standard InChI is InChI=1S/C15H23NO3/c1-18-14-7-2-3-8-15(14)19-11-10-16-9-5-4-6-13(16)12-17/h2-3,7-8,13,17H,4-6,9-12H2,1H3/t13-/m1/s1. The summed E-state index contributed by atoms with van der Waals surface area (Å²) in [4.78, 5) is 2.32. The lowest BCUT2D eigenvalue weighted by molar-refractivity contribution is 0.0769. The van der Waals surface area contributed by atoms with Gasteiger partial charge in [-0.25, -0.2) is 0 Å². The van der Waals surface area contributed by atoms with Gasteiger partial charge in [0.2, 0.25) is 0 Å². The van der Waals surface area contributed by atoms with E-state index in [1.54, 1.807) is 7.11 Å². The van der Waals surface area contributed by atoms with Crippen molar-refractivity contribution in [2.45, 2.75) is 25.3 Å². The molecule has 1 aliphatic heterocycles. The van der Waals surface area contributed by atoms with E-state index < -0.39 is 0 Å². The number of aliphatic hydroxyl groups excluding tert-OH is 1. The third-order valence-electron chi connectivity index (χ3n) is 3.66. The summed E-state index contributed by atoms with van der Waals surface area (Å²) in [6.45, 7) is 2.77. The van der Waals surface area contributed by atoms with Crippen LogP contribution in [-0.2, 0) is 0 Å². The average Bonchev–Trinajstić information content (AvgIpc) is 2.48. The summed E-state index contributed by atoms with van der Waals surface area (Å²) in [6, 6.07) is 7.98. The second kappa shape index (κ2) is 7.36. The third kappa shape index (κ3) is 3.85. The maximum absolute atomic E-state index is 9.36. The first-order chi connectivity index (χ1) is 9.35. The third-order valence-corrected chi connectivity index (χ3v) is 3.66. The highest BCUT2D eigenvalue weighted by atomic mass is 16.5. The molecule has 4 nitrogen and oxygen atoms in total. The quantitative estimate of drug-likeness (QED) is 0.853. The highest BCUT2D eigenvalue weighted by Crippen LogP contribution is 2.25. The molecule has 1 atom stereocenters. The van der Waals surface area contributed by atoms with Crippen LogP contribution >= 0.6 is 0 Å². The van der Waals surface area contributed by atoms with Gasteiger partial charge in [-0.15, -0.1) is 0 Å². The van der Waals surface area contributed by atoms with Gasteiger partial charge >= 0.3 is 0 Å². The van der Waals surface area contributed by atoms with Crippen molar-refractivity contribution in [3.05, 3.63) is 24.3 Å². The first-order valence-corrected chi connectivity index (χ1v) is 6.96. The summed E-state index contributed by atoms with van der Waals surface area (Å²) in [5.74, 6) is 1.54. The molecule has 0 unspecified atom stereocenters. The summed E-state index contributed by atoms with van der Waals surface area (Å²) in [5, 5.41) is 9.36. The summed E-state index contributed by atoms with van der Waals surface area (Å²) in [6.07, 6.45) is 3.52. The molecule has 1 heterocycles. The number of nitrogens with zero attached hydrogens (tertiary/aromatic N) is 1. The lowest BCUT2D eigenvalue weighted by Crippen LogP contribution is -2.43. The zero-order valence-corrected chi connectivity index (χ0v) is 11.5. The second-order valence-electron chi connectivity index (χ2n) is 4.87. The van der Waals surface area contributed by atoms with Crippen LogP contribution in [0.3, 0.4) is 0 Å². The molecule has 1 aromatic carbocycles. The van der Waals surface area contributed by atoms with Crippen LogP contribution in [-0.4, -0.2) is 49.5 Å². The predicted octanol–water partition coefficient (Wildman–Crippen LogP) is 1.92. The summed E-state index contributed by atoms with van der Waals surface area (Å²) >= 11 is 0. The lowest BCUT2D eigenvalue weighted by atomic mass is 10.0. The number of piperidine rings is 1. The molecular formula is C15H23NO3. The number of benzene rings is 1. The van der Waals surface area contributed by atoms with Gasteiger partial charge in [-0.2, -0.15) is 0 Å². The molecule has 19 heavy (non-hydrogen) atoms. The highest BCUT2D eigenvalue weighted by Gasteiger charge is 2.21. The Hall–Kier alpha value is -1.26. The van der Waals surface area contributed by atoms with E-state index in [2.05, 4.69) is 4.90 Å². The highest BCUT2D eigenvalue weighted by molar-refractivity contribution is 5.39. The number of rotatable bonds is 6. The van der Waals surface area contributed by atoms with E-state index in [1.807, 2.05) is 24.3 Å². The Morgan fingerprint density at radius 1 is 1.26 bits per heavy atom. The van der Waals surface area contributed by atoms with Crippen LogP contribution in [0.2, 0.25) is 0 Å². The van der Waals surface area contributed by atoms with Gasteiger partial charge < -0.3 is 14.6 Å². The van der Waals surface area contributed by atoms with Crippen molar-refractivity contribution in [1.29, 1.82) is 0 Å². The van der Waals surface area contributed by atoms with E-state index in [9.17, 15) is 5.11 Å². The van der Waals surface area contributed by atoms with Crippen molar-refractivity contribution < 1.29 is 14.6 Å². The van der Waals surface area contributed by atoms with Gasteiger partial charge in [-0.05, 0) is 31.5 Å². The Morgan fingerprint density at radius 3 is 2.79 bits per heavy atom. The molecule has 0 saturated carbocycles. The molecule has 1 saturated heterocycles. The molecule has 0 radical (unpaired) electrons. The van der Waals surface area contributed by atoms with Gasteiger partial charge in [0, 0.05) is 12.6 Å². The Morgan fingerprint density at radius 2 is 2.05 bits per heavy atom. The SMILES string of the molecule is COc1ccccc1OCCN1CCCC[C@@H]1CO. The Bertz CT molecular complexity index is 383. The molecule has 1 aliphatic rings. The largest absolute Gasteiger partial charge is 0.493 e. The maximum Gasteiger partial charge on any atom is 0.161 e. The van der Waals surface area contributed by atoms with E-state index in [0.717, 1.165) is 31.0 Å². The van der Waals surface area contributed by atoms with E-state index in [-0.39, 0.29) is 6.61 Å². The fourth-order valence-corrected chi connectivity index (χ4v) is 2.57. The minimum absolute atomic E-state index is 0.245. The number of hydrogen-bond acceptors (Lipinski definition) is 4. The monoisotopic (exact) mass is 265 g/mol. The minimum atomic E-state index is 0.245. The Labute approximate surface area is 114 Å². The summed E-state index contributed by atoms with van der Waals surface area (Å²) < 4.78 is 11.0. The molecule has 0 aromatic heterocycles. The van der Waals surface area contributed by atoms with E-state index in [1.165, 1.54) is 12.8 Å². The van der Waals surface area contributed by atoms with Crippen LogP contribution in [0, 0.1) is 0 Å². The molecule has 1 aromatic rings. The number of ether oxygens (including phenoxy) is 2. The van der Waals surface area contributed by atoms with Crippen LogP contribution in [0.15, 0.2) is 24.3 Å². The second-order valence-corrected chi connectivity index (χ2v) is 4.87. The zero-order valence-electron chi connectivity index (χ0n) is 11.5. The van der Waals surface area contributed by atoms with Gasteiger partial charge in [-0.3, -0.25) is 4.90 Å². The minimum Gasteiger partial charge on any atom is -0.493 e. The average molecular weight is 265 g/mol. The van der Waals surface area contributed by atoms with Crippen LogP contribution in [0.25, 0.3) is 0 Å². The Kier molecular flexibility index (Phi) is 5.48. The van der Waals surface area contributed by atoms with Crippen molar-refractivity contribution in [3.63, 3.8) is 0 Å². The molecule has 106 valence electrons. The smallest absolute Gasteiger partial charge is 0.161 e. The van der Waals surface area contributed by atoms with Crippen LogP contribution in [0.5, 0.6) is 11.5 Å².